The first-order valence-corrected chi connectivity index (χ1v) is 8.74. The highest BCUT2D eigenvalue weighted by atomic mass is 79.9. The number of benzene rings is 2. The fraction of sp³-hybridized carbons (Fsp3) is 0.188. The van der Waals surface area contributed by atoms with Crippen molar-refractivity contribution >= 4 is 39.3 Å². The molecule has 0 aromatic heterocycles. The summed E-state index contributed by atoms with van der Waals surface area (Å²) in [6.45, 7) is 0. The normalized spacial score (nSPS) is 11.2. The molecule has 2 aromatic carbocycles. The number of nitrogens with one attached hydrogen (secondary N) is 1. The molecule has 0 spiro atoms. The summed E-state index contributed by atoms with van der Waals surface area (Å²) in [5.74, 6) is 0.391. The number of carbonyl (C=O) groups excluding carboxylic acids is 1. The maximum absolute atomic E-state index is 12.1. The van der Waals surface area contributed by atoms with E-state index >= 15 is 0 Å². The smallest absolute Gasteiger partial charge is 0.406 e. The maximum Gasteiger partial charge on any atom is 0.573 e. The van der Waals surface area contributed by atoms with Crippen LogP contribution >= 0.6 is 27.7 Å². The van der Waals surface area contributed by atoms with Gasteiger partial charge in [0.2, 0.25) is 5.91 Å². The lowest BCUT2D eigenvalue weighted by atomic mass is 10.2. The molecule has 0 unspecified atom stereocenters. The molecular formula is C16H13BrF3NO2S. The van der Waals surface area contributed by atoms with Crippen LogP contribution in [0.1, 0.15) is 5.56 Å². The Morgan fingerprint density at radius 1 is 1.08 bits per heavy atom. The highest BCUT2D eigenvalue weighted by molar-refractivity contribution is 9.10. The van der Waals surface area contributed by atoms with Crippen LogP contribution in [0.2, 0.25) is 0 Å². The number of ether oxygens (including phenoxy) is 1. The summed E-state index contributed by atoms with van der Waals surface area (Å²) < 4.78 is 40.9. The predicted molar refractivity (Wildman–Crippen MR) is 92.1 cm³/mol. The highest BCUT2D eigenvalue weighted by Gasteiger charge is 2.30. The minimum Gasteiger partial charge on any atom is -0.406 e. The SMILES string of the molecule is O=C(CSCc1ccc(Br)cc1)Nc1ccc(OC(F)(F)F)cc1. The molecule has 0 aliphatic heterocycles. The van der Waals surface area contributed by atoms with Gasteiger partial charge in [-0.2, -0.15) is 0 Å². The lowest BCUT2D eigenvalue weighted by Crippen LogP contribution is -2.17. The molecule has 3 nitrogen and oxygen atoms in total. The highest BCUT2D eigenvalue weighted by Crippen LogP contribution is 2.24. The first-order valence-electron chi connectivity index (χ1n) is 6.80. The third-order valence-electron chi connectivity index (χ3n) is 2.79. The molecule has 0 radical (unpaired) electrons. The van der Waals surface area contributed by atoms with Crippen LogP contribution in [-0.4, -0.2) is 18.0 Å². The van der Waals surface area contributed by atoms with Crippen LogP contribution in [0.3, 0.4) is 0 Å². The third kappa shape index (κ3) is 6.84. The Morgan fingerprint density at radius 2 is 1.71 bits per heavy atom. The molecule has 0 aliphatic rings. The van der Waals surface area contributed by atoms with E-state index in [1.54, 1.807) is 0 Å². The molecule has 0 bridgehead atoms. The fourth-order valence-electron chi connectivity index (χ4n) is 1.78. The Bertz CT molecular complexity index is 675. The van der Waals surface area contributed by atoms with Gasteiger partial charge < -0.3 is 10.1 Å². The van der Waals surface area contributed by atoms with Gasteiger partial charge in [-0.25, -0.2) is 0 Å². The fourth-order valence-corrected chi connectivity index (χ4v) is 2.83. The molecule has 24 heavy (non-hydrogen) atoms. The van der Waals surface area contributed by atoms with E-state index in [0.29, 0.717) is 11.4 Å². The first-order chi connectivity index (χ1) is 11.3. The minimum absolute atomic E-state index is 0.221. The van der Waals surface area contributed by atoms with Crippen LogP contribution in [0.25, 0.3) is 0 Å². The van der Waals surface area contributed by atoms with Crippen LogP contribution in [-0.2, 0) is 10.5 Å². The lowest BCUT2D eigenvalue weighted by molar-refractivity contribution is -0.274. The van der Waals surface area contributed by atoms with Crippen LogP contribution in [0.4, 0.5) is 18.9 Å². The van der Waals surface area contributed by atoms with Crippen molar-refractivity contribution in [2.45, 2.75) is 12.1 Å². The number of hydrogen-bond donors (Lipinski definition) is 1. The van der Waals surface area contributed by atoms with E-state index in [1.807, 2.05) is 24.3 Å². The van der Waals surface area contributed by atoms with Crippen molar-refractivity contribution in [1.82, 2.24) is 0 Å². The number of amides is 1. The van der Waals surface area contributed by atoms with Gasteiger partial charge in [0.1, 0.15) is 5.75 Å². The summed E-state index contributed by atoms with van der Waals surface area (Å²) in [4.78, 5) is 11.8. The molecular weight excluding hydrogens is 407 g/mol. The van der Waals surface area contributed by atoms with Gasteiger partial charge in [-0.1, -0.05) is 28.1 Å². The largest absolute Gasteiger partial charge is 0.573 e. The number of thioether (sulfide) groups is 1. The zero-order valence-corrected chi connectivity index (χ0v) is 14.7. The van der Waals surface area contributed by atoms with E-state index in [9.17, 15) is 18.0 Å². The number of halogens is 4. The Morgan fingerprint density at radius 3 is 2.29 bits per heavy atom. The topological polar surface area (TPSA) is 38.3 Å². The van der Waals surface area contributed by atoms with Gasteiger partial charge in [-0.15, -0.1) is 24.9 Å². The van der Waals surface area contributed by atoms with Crippen LogP contribution < -0.4 is 10.1 Å². The van der Waals surface area contributed by atoms with E-state index in [1.165, 1.54) is 23.9 Å². The van der Waals surface area contributed by atoms with Crippen molar-refractivity contribution in [3.63, 3.8) is 0 Å². The molecule has 0 aliphatic carbocycles. The summed E-state index contributed by atoms with van der Waals surface area (Å²) >= 11 is 4.80. The predicted octanol–water partition coefficient (Wildman–Crippen LogP) is 5.22. The van der Waals surface area contributed by atoms with Crippen molar-refractivity contribution < 1.29 is 22.7 Å². The zero-order valence-electron chi connectivity index (χ0n) is 12.3. The van der Waals surface area contributed by atoms with Gasteiger partial charge in [0, 0.05) is 15.9 Å². The Labute approximate surface area is 149 Å². The van der Waals surface area contributed by atoms with E-state index in [2.05, 4.69) is 26.0 Å². The molecule has 2 rings (SSSR count). The number of rotatable bonds is 6. The van der Waals surface area contributed by atoms with Crippen LogP contribution in [0.5, 0.6) is 5.75 Å². The summed E-state index contributed by atoms with van der Waals surface area (Å²) in [6.07, 6.45) is -4.73. The zero-order chi connectivity index (χ0) is 17.6. The van der Waals surface area contributed by atoms with Crippen LogP contribution in [0.15, 0.2) is 53.0 Å². The number of alkyl halides is 3. The molecule has 8 heteroatoms. The van der Waals surface area contributed by atoms with Gasteiger partial charge in [0.05, 0.1) is 5.75 Å². The molecule has 0 atom stereocenters. The summed E-state index contributed by atoms with van der Waals surface area (Å²) in [5.41, 5.74) is 1.52. The van der Waals surface area contributed by atoms with Gasteiger partial charge in [0.25, 0.3) is 0 Å². The Hall–Kier alpha value is -1.67. The second kappa shape index (κ2) is 8.43. The Balaban J connectivity index is 1.76. The van der Waals surface area contributed by atoms with Gasteiger partial charge in [-0.05, 0) is 42.0 Å². The molecule has 2 aromatic rings. The van der Waals surface area contributed by atoms with E-state index in [0.717, 1.165) is 22.2 Å². The lowest BCUT2D eigenvalue weighted by Gasteiger charge is -2.10. The van der Waals surface area contributed by atoms with Gasteiger partial charge in [-0.3, -0.25) is 4.79 Å². The number of anilines is 1. The standard InChI is InChI=1S/C16H13BrF3NO2S/c17-12-3-1-11(2-4-12)9-24-10-15(22)21-13-5-7-14(8-6-13)23-16(18,19)20/h1-8H,9-10H2,(H,21,22). The van der Waals surface area contributed by atoms with Crippen LogP contribution in [0, 0.1) is 0 Å². The first kappa shape index (κ1) is 18.7. The van der Waals surface area contributed by atoms with Gasteiger partial charge in [0.15, 0.2) is 0 Å². The van der Waals surface area contributed by atoms with Crippen molar-refractivity contribution in [2.75, 3.05) is 11.1 Å². The molecule has 0 saturated carbocycles. The van der Waals surface area contributed by atoms with Crippen molar-refractivity contribution in [2.24, 2.45) is 0 Å². The summed E-state index contributed by atoms with van der Waals surface area (Å²) in [6, 6.07) is 12.8. The monoisotopic (exact) mass is 419 g/mol. The molecule has 1 N–H and O–H groups in total. The van der Waals surface area contributed by atoms with Crippen molar-refractivity contribution in [3.05, 3.63) is 58.6 Å². The van der Waals surface area contributed by atoms with Crippen molar-refractivity contribution in [1.29, 1.82) is 0 Å². The Kier molecular flexibility index (Phi) is 6.56. The second-order valence-electron chi connectivity index (χ2n) is 4.74. The molecule has 128 valence electrons. The average molecular weight is 420 g/mol. The van der Waals surface area contributed by atoms with E-state index in [-0.39, 0.29) is 17.4 Å². The third-order valence-corrected chi connectivity index (χ3v) is 4.32. The number of hydrogen-bond acceptors (Lipinski definition) is 3. The minimum atomic E-state index is -4.73. The van der Waals surface area contributed by atoms with Crippen molar-refractivity contribution in [3.8, 4) is 5.75 Å². The van der Waals surface area contributed by atoms with E-state index < -0.39 is 6.36 Å². The average Bonchev–Trinajstić information content (AvgIpc) is 2.50. The quantitative estimate of drug-likeness (QED) is 0.697. The second-order valence-corrected chi connectivity index (χ2v) is 6.64. The summed E-state index contributed by atoms with van der Waals surface area (Å²) in [7, 11) is 0. The molecule has 1 amide bonds. The summed E-state index contributed by atoms with van der Waals surface area (Å²) in [5, 5.41) is 2.62. The number of carbonyl (C=O) groups is 1. The molecule has 0 heterocycles. The maximum atomic E-state index is 12.1. The molecule has 0 saturated heterocycles. The molecule has 0 fully saturated rings. The van der Waals surface area contributed by atoms with Gasteiger partial charge >= 0.3 is 6.36 Å². The van der Waals surface area contributed by atoms with E-state index in [4.69, 9.17) is 0 Å².